The second-order valence-corrected chi connectivity index (χ2v) is 7.88. The van der Waals surface area contributed by atoms with Gasteiger partial charge < -0.3 is 10.5 Å². The molecule has 0 saturated carbocycles. The van der Waals surface area contributed by atoms with Crippen molar-refractivity contribution >= 4 is 37.6 Å². The molecule has 5 nitrogen and oxygen atoms in total. The number of benzene rings is 1. The molecule has 2 unspecified atom stereocenters. The minimum absolute atomic E-state index is 0.0559. The van der Waals surface area contributed by atoms with Crippen LogP contribution in [-0.2, 0) is 10.0 Å². The maximum Gasteiger partial charge on any atom is 0.247 e. The van der Waals surface area contributed by atoms with E-state index in [0.717, 1.165) is 0 Å². The molecule has 0 radical (unpaired) electrons. The van der Waals surface area contributed by atoms with Gasteiger partial charge in [-0.15, -0.1) is 0 Å². The van der Waals surface area contributed by atoms with Gasteiger partial charge in [-0.3, -0.25) is 0 Å². The third-order valence-corrected chi connectivity index (χ3v) is 6.32. The molecular formula is C12H16BrClN2O3S. The molecule has 2 N–H and O–H groups in total. The Balaban J connectivity index is 2.55. The Labute approximate surface area is 132 Å². The van der Waals surface area contributed by atoms with Crippen molar-refractivity contribution < 1.29 is 13.2 Å². The van der Waals surface area contributed by atoms with Crippen LogP contribution in [0.3, 0.4) is 0 Å². The van der Waals surface area contributed by atoms with Gasteiger partial charge in [-0.05, 0) is 41.4 Å². The van der Waals surface area contributed by atoms with E-state index in [4.69, 9.17) is 22.1 Å². The second-order valence-electron chi connectivity index (χ2n) is 4.73. The van der Waals surface area contributed by atoms with Crippen LogP contribution in [-0.4, -0.2) is 38.5 Å². The Morgan fingerprint density at radius 3 is 2.65 bits per heavy atom. The summed E-state index contributed by atoms with van der Waals surface area (Å²) in [5.74, 6) is 0.252. The van der Waals surface area contributed by atoms with Crippen LogP contribution in [0.4, 0.5) is 0 Å². The first kappa shape index (κ1) is 16.0. The zero-order chi connectivity index (χ0) is 15.1. The number of nitrogens with zero attached hydrogens (tertiary/aromatic N) is 1. The Hall–Kier alpha value is -0.340. The zero-order valence-corrected chi connectivity index (χ0v) is 14.3. The monoisotopic (exact) mass is 382 g/mol. The molecular weight excluding hydrogens is 368 g/mol. The quantitative estimate of drug-likeness (QED) is 0.868. The minimum atomic E-state index is -3.69. The Morgan fingerprint density at radius 2 is 2.15 bits per heavy atom. The molecule has 1 aliphatic heterocycles. The average Bonchev–Trinajstić information content (AvgIpc) is 2.69. The Bertz CT molecular complexity index is 623. The molecule has 2 atom stereocenters. The number of hydrogen-bond acceptors (Lipinski definition) is 4. The lowest BCUT2D eigenvalue weighted by atomic mass is 10.2. The fourth-order valence-electron chi connectivity index (χ4n) is 2.33. The van der Waals surface area contributed by atoms with Gasteiger partial charge in [0, 0.05) is 23.7 Å². The highest BCUT2D eigenvalue weighted by molar-refractivity contribution is 9.10. The van der Waals surface area contributed by atoms with Crippen LogP contribution >= 0.6 is 27.5 Å². The molecule has 2 rings (SSSR count). The summed E-state index contributed by atoms with van der Waals surface area (Å²) in [6, 6.07) is 2.59. The smallest absolute Gasteiger partial charge is 0.247 e. The summed E-state index contributed by atoms with van der Waals surface area (Å²) in [5, 5.41) is 0.326. The number of halogens is 2. The first-order valence-electron chi connectivity index (χ1n) is 6.09. The first-order chi connectivity index (χ1) is 9.28. The molecule has 20 heavy (non-hydrogen) atoms. The van der Waals surface area contributed by atoms with Crippen molar-refractivity contribution in [2.24, 2.45) is 5.73 Å². The third-order valence-electron chi connectivity index (χ3n) is 3.52. The summed E-state index contributed by atoms with van der Waals surface area (Å²) in [6.45, 7) is 2.21. The largest absolute Gasteiger partial charge is 0.494 e. The molecule has 112 valence electrons. The van der Waals surface area contributed by atoms with E-state index in [-0.39, 0.29) is 22.7 Å². The number of rotatable bonds is 3. The number of ether oxygens (including phenoxy) is 1. The lowest BCUT2D eigenvalue weighted by molar-refractivity contribution is 0.378. The normalized spacial score (nSPS) is 24.1. The van der Waals surface area contributed by atoms with E-state index >= 15 is 0 Å². The number of methoxy groups -OCH3 is 1. The van der Waals surface area contributed by atoms with Gasteiger partial charge in [0.2, 0.25) is 10.0 Å². The maximum absolute atomic E-state index is 12.8. The molecule has 0 bridgehead atoms. The van der Waals surface area contributed by atoms with E-state index in [1.807, 2.05) is 0 Å². The predicted octanol–water partition coefficient (Wildman–Crippen LogP) is 2.22. The number of nitrogens with two attached hydrogens (primary N) is 1. The molecule has 1 saturated heterocycles. The molecule has 1 aliphatic rings. The summed E-state index contributed by atoms with van der Waals surface area (Å²) >= 11 is 9.23. The van der Waals surface area contributed by atoms with Gasteiger partial charge in [-0.25, -0.2) is 8.42 Å². The molecule has 1 aromatic carbocycles. The van der Waals surface area contributed by atoms with Crippen molar-refractivity contribution in [2.75, 3.05) is 13.7 Å². The average molecular weight is 384 g/mol. The molecule has 0 aliphatic carbocycles. The van der Waals surface area contributed by atoms with Gasteiger partial charge in [0.15, 0.2) is 5.75 Å². The summed E-state index contributed by atoms with van der Waals surface area (Å²) in [6.07, 6.45) is 0.643. The topological polar surface area (TPSA) is 72.6 Å². The van der Waals surface area contributed by atoms with Crippen LogP contribution in [0.5, 0.6) is 5.75 Å². The van der Waals surface area contributed by atoms with E-state index in [9.17, 15) is 8.42 Å². The minimum Gasteiger partial charge on any atom is -0.494 e. The highest BCUT2D eigenvalue weighted by atomic mass is 79.9. The standard InChI is InChI=1S/C12H16BrClN2O3S/c1-7-10(15)3-4-16(7)20(17,18)11-6-8(14)5-9(13)12(11)19-2/h5-7,10H,3-4,15H2,1-2H3. The Kier molecular flexibility index (Phi) is 4.66. The molecule has 1 heterocycles. The van der Waals surface area contributed by atoms with Crippen LogP contribution in [0.15, 0.2) is 21.5 Å². The Morgan fingerprint density at radius 1 is 1.50 bits per heavy atom. The number of sulfonamides is 1. The van der Waals surface area contributed by atoms with Crippen LogP contribution in [0.1, 0.15) is 13.3 Å². The van der Waals surface area contributed by atoms with Crippen molar-refractivity contribution in [2.45, 2.75) is 30.3 Å². The lowest BCUT2D eigenvalue weighted by Crippen LogP contribution is -2.40. The van der Waals surface area contributed by atoms with Crippen LogP contribution < -0.4 is 10.5 Å². The highest BCUT2D eigenvalue weighted by Crippen LogP contribution is 2.38. The molecule has 8 heteroatoms. The van der Waals surface area contributed by atoms with E-state index in [1.165, 1.54) is 17.5 Å². The van der Waals surface area contributed by atoms with Gasteiger partial charge in [-0.1, -0.05) is 11.6 Å². The van der Waals surface area contributed by atoms with Crippen molar-refractivity contribution in [3.63, 3.8) is 0 Å². The second kappa shape index (κ2) is 5.81. The SMILES string of the molecule is COc1c(Br)cc(Cl)cc1S(=O)(=O)N1CCC(N)C1C. The highest BCUT2D eigenvalue weighted by Gasteiger charge is 2.39. The zero-order valence-electron chi connectivity index (χ0n) is 11.1. The van der Waals surface area contributed by atoms with Crippen molar-refractivity contribution in [1.82, 2.24) is 4.31 Å². The molecule has 1 aromatic rings. The number of hydrogen-bond donors (Lipinski definition) is 1. The fraction of sp³-hybridized carbons (Fsp3) is 0.500. The van der Waals surface area contributed by atoms with Gasteiger partial charge in [0.1, 0.15) is 4.90 Å². The van der Waals surface area contributed by atoms with E-state index in [1.54, 1.807) is 13.0 Å². The third kappa shape index (κ3) is 2.69. The van der Waals surface area contributed by atoms with Gasteiger partial charge in [-0.2, -0.15) is 4.31 Å². The summed E-state index contributed by atoms with van der Waals surface area (Å²) in [4.78, 5) is 0.0559. The van der Waals surface area contributed by atoms with E-state index in [0.29, 0.717) is 22.5 Å². The first-order valence-corrected chi connectivity index (χ1v) is 8.70. The van der Waals surface area contributed by atoms with Gasteiger partial charge in [0.25, 0.3) is 0 Å². The molecule has 0 spiro atoms. The molecule has 0 aromatic heterocycles. The van der Waals surface area contributed by atoms with Gasteiger partial charge in [0.05, 0.1) is 11.6 Å². The summed E-state index contributed by atoms with van der Waals surface area (Å²) in [5.41, 5.74) is 5.90. The van der Waals surface area contributed by atoms with Crippen molar-refractivity contribution in [3.8, 4) is 5.75 Å². The van der Waals surface area contributed by atoms with Crippen LogP contribution in [0, 0.1) is 0 Å². The van der Waals surface area contributed by atoms with Crippen LogP contribution in [0.25, 0.3) is 0 Å². The van der Waals surface area contributed by atoms with Crippen molar-refractivity contribution in [1.29, 1.82) is 0 Å². The van der Waals surface area contributed by atoms with Crippen molar-refractivity contribution in [3.05, 3.63) is 21.6 Å². The lowest BCUT2D eigenvalue weighted by Gasteiger charge is -2.24. The summed E-state index contributed by atoms with van der Waals surface area (Å²) in [7, 11) is -2.27. The fourth-order valence-corrected chi connectivity index (χ4v) is 5.39. The van der Waals surface area contributed by atoms with Gasteiger partial charge >= 0.3 is 0 Å². The van der Waals surface area contributed by atoms with E-state index in [2.05, 4.69) is 15.9 Å². The van der Waals surface area contributed by atoms with E-state index < -0.39 is 10.0 Å². The predicted molar refractivity (Wildman–Crippen MR) is 81.7 cm³/mol. The summed E-state index contributed by atoms with van der Waals surface area (Å²) < 4.78 is 32.7. The molecule has 0 amide bonds. The molecule has 1 fully saturated rings. The maximum atomic E-state index is 12.8. The van der Waals surface area contributed by atoms with Crippen LogP contribution in [0.2, 0.25) is 5.02 Å².